The summed E-state index contributed by atoms with van der Waals surface area (Å²) in [4.78, 5) is 0. The lowest BCUT2D eigenvalue weighted by atomic mass is 9.78. The van der Waals surface area contributed by atoms with Gasteiger partial charge in [-0.15, -0.1) is 0 Å². The van der Waals surface area contributed by atoms with Crippen LogP contribution >= 0.6 is 23.2 Å². The molecule has 1 aliphatic rings. The smallest absolute Gasteiger partial charge is 0.109 e. The Bertz CT molecular complexity index is 414. The summed E-state index contributed by atoms with van der Waals surface area (Å²) in [5.74, 6) is 0. The molecular formula is C14H18Cl2O2. The van der Waals surface area contributed by atoms with Gasteiger partial charge in [-0.3, -0.25) is 0 Å². The molecule has 2 rings (SSSR count). The zero-order valence-electron chi connectivity index (χ0n) is 10.5. The Hall–Kier alpha value is -0.280. The van der Waals surface area contributed by atoms with Crippen molar-refractivity contribution in [1.29, 1.82) is 0 Å². The Balaban J connectivity index is 2.33. The van der Waals surface area contributed by atoms with Crippen LogP contribution in [0, 0.1) is 0 Å². The van der Waals surface area contributed by atoms with Gasteiger partial charge < -0.3 is 9.84 Å². The lowest BCUT2D eigenvalue weighted by molar-refractivity contribution is -0.125. The highest BCUT2D eigenvalue weighted by Gasteiger charge is 2.40. The molecule has 1 aromatic carbocycles. The fourth-order valence-corrected chi connectivity index (χ4v) is 3.17. The van der Waals surface area contributed by atoms with Crippen molar-refractivity contribution in [2.75, 3.05) is 7.11 Å². The summed E-state index contributed by atoms with van der Waals surface area (Å²) in [6.07, 6.45) is 4.32. The summed E-state index contributed by atoms with van der Waals surface area (Å²) < 4.78 is 5.64. The van der Waals surface area contributed by atoms with Gasteiger partial charge in [-0.2, -0.15) is 0 Å². The monoisotopic (exact) mass is 288 g/mol. The molecular weight excluding hydrogens is 271 g/mol. The quantitative estimate of drug-likeness (QED) is 0.895. The van der Waals surface area contributed by atoms with Gasteiger partial charge in [0.15, 0.2) is 0 Å². The Labute approximate surface area is 118 Å². The standard InChI is InChI=1S/C14H18Cl2O2/c1-18-14(8-3-2-4-9-14)13(17)10-6-5-7-11(15)12(10)16/h5-7,13,17H,2-4,8-9H2,1H3. The Morgan fingerprint density at radius 1 is 1.22 bits per heavy atom. The number of aliphatic hydroxyl groups excluding tert-OH is 1. The zero-order chi connectivity index (χ0) is 13.2. The van der Waals surface area contributed by atoms with E-state index in [2.05, 4.69) is 0 Å². The maximum Gasteiger partial charge on any atom is 0.109 e. The van der Waals surface area contributed by atoms with Crippen molar-refractivity contribution in [3.8, 4) is 0 Å². The summed E-state index contributed by atoms with van der Waals surface area (Å²) in [6.45, 7) is 0. The number of rotatable bonds is 3. The number of ether oxygens (including phenoxy) is 1. The molecule has 1 unspecified atom stereocenters. The number of hydrogen-bond acceptors (Lipinski definition) is 2. The summed E-state index contributed by atoms with van der Waals surface area (Å²) >= 11 is 12.2. The molecule has 0 heterocycles. The first-order chi connectivity index (χ1) is 8.60. The van der Waals surface area contributed by atoms with Crippen LogP contribution in [0.3, 0.4) is 0 Å². The van der Waals surface area contributed by atoms with Gasteiger partial charge in [-0.1, -0.05) is 54.6 Å². The third kappa shape index (κ3) is 2.53. The van der Waals surface area contributed by atoms with E-state index in [1.807, 2.05) is 6.07 Å². The number of halogens is 2. The molecule has 1 aromatic rings. The van der Waals surface area contributed by atoms with E-state index in [1.165, 1.54) is 6.42 Å². The maximum atomic E-state index is 10.6. The van der Waals surface area contributed by atoms with Crippen molar-refractivity contribution in [3.63, 3.8) is 0 Å². The highest BCUT2D eigenvalue weighted by atomic mass is 35.5. The lowest BCUT2D eigenvalue weighted by Crippen LogP contribution is -2.40. The number of hydrogen-bond donors (Lipinski definition) is 1. The summed E-state index contributed by atoms with van der Waals surface area (Å²) in [5, 5.41) is 11.5. The molecule has 100 valence electrons. The van der Waals surface area contributed by atoms with Gasteiger partial charge in [-0.05, 0) is 18.9 Å². The molecule has 0 saturated heterocycles. The number of benzene rings is 1. The van der Waals surface area contributed by atoms with Gasteiger partial charge in [0, 0.05) is 12.7 Å². The van der Waals surface area contributed by atoms with Crippen LogP contribution in [0.15, 0.2) is 18.2 Å². The topological polar surface area (TPSA) is 29.5 Å². The third-order valence-electron chi connectivity index (χ3n) is 3.88. The molecule has 18 heavy (non-hydrogen) atoms. The SMILES string of the molecule is COC1(C(O)c2cccc(Cl)c2Cl)CCCCC1. The van der Waals surface area contributed by atoms with Crippen LogP contribution in [-0.2, 0) is 4.74 Å². The molecule has 0 bridgehead atoms. The van der Waals surface area contributed by atoms with Crippen LogP contribution in [0.2, 0.25) is 10.0 Å². The van der Waals surface area contributed by atoms with E-state index < -0.39 is 11.7 Å². The van der Waals surface area contributed by atoms with Gasteiger partial charge in [0.25, 0.3) is 0 Å². The Morgan fingerprint density at radius 3 is 2.50 bits per heavy atom. The van der Waals surface area contributed by atoms with Gasteiger partial charge in [0.2, 0.25) is 0 Å². The van der Waals surface area contributed by atoms with Gasteiger partial charge in [-0.25, -0.2) is 0 Å². The molecule has 0 spiro atoms. The molecule has 1 saturated carbocycles. The first-order valence-electron chi connectivity index (χ1n) is 6.28. The minimum atomic E-state index is -0.728. The van der Waals surface area contributed by atoms with E-state index in [1.54, 1.807) is 19.2 Å². The van der Waals surface area contributed by atoms with Crippen molar-refractivity contribution >= 4 is 23.2 Å². The van der Waals surface area contributed by atoms with Gasteiger partial charge in [0.05, 0.1) is 15.6 Å². The number of aliphatic hydroxyl groups is 1. The van der Waals surface area contributed by atoms with E-state index >= 15 is 0 Å². The van der Waals surface area contributed by atoms with Crippen molar-refractivity contribution in [3.05, 3.63) is 33.8 Å². The van der Waals surface area contributed by atoms with E-state index in [9.17, 15) is 5.11 Å². The van der Waals surface area contributed by atoms with Crippen LogP contribution in [0.25, 0.3) is 0 Å². The highest BCUT2D eigenvalue weighted by molar-refractivity contribution is 6.42. The van der Waals surface area contributed by atoms with E-state index in [-0.39, 0.29) is 0 Å². The first kappa shape index (κ1) is 14.1. The molecule has 1 N–H and O–H groups in total. The molecule has 0 amide bonds. The predicted molar refractivity (Wildman–Crippen MR) is 74.2 cm³/mol. The van der Waals surface area contributed by atoms with E-state index in [0.717, 1.165) is 25.7 Å². The minimum Gasteiger partial charge on any atom is -0.385 e. The van der Waals surface area contributed by atoms with Crippen molar-refractivity contribution in [2.45, 2.75) is 43.8 Å². The second-order valence-electron chi connectivity index (χ2n) is 4.88. The number of methoxy groups -OCH3 is 1. The Morgan fingerprint density at radius 2 is 1.89 bits per heavy atom. The van der Waals surface area contributed by atoms with E-state index in [4.69, 9.17) is 27.9 Å². The molecule has 1 fully saturated rings. The van der Waals surface area contributed by atoms with Crippen LogP contribution in [0.1, 0.15) is 43.8 Å². The fraction of sp³-hybridized carbons (Fsp3) is 0.571. The molecule has 1 atom stereocenters. The summed E-state index contributed by atoms with van der Waals surface area (Å²) in [7, 11) is 1.66. The third-order valence-corrected chi connectivity index (χ3v) is 4.71. The van der Waals surface area contributed by atoms with Gasteiger partial charge in [0.1, 0.15) is 6.10 Å². The van der Waals surface area contributed by atoms with Crippen molar-refractivity contribution in [2.24, 2.45) is 0 Å². The summed E-state index contributed by atoms with van der Waals surface area (Å²) in [5.41, 5.74) is 0.139. The Kier molecular flexibility index (Phi) is 4.54. The highest BCUT2D eigenvalue weighted by Crippen LogP contribution is 2.43. The predicted octanol–water partition coefficient (Wildman–Crippen LogP) is 4.38. The van der Waals surface area contributed by atoms with Crippen molar-refractivity contribution < 1.29 is 9.84 Å². The van der Waals surface area contributed by atoms with Crippen LogP contribution < -0.4 is 0 Å². The molecule has 0 aliphatic heterocycles. The second kappa shape index (κ2) is 5.79. The fourth-order valence-electron chi connectivity index (χ4n) is 2.75. The molecule has 0 radical (unpaired) electrons. The normalized spacial score (nSPS) is 20.7. The molecule has 1 aliphatic carbocycles. The maximum absolute atomic E-state index is 10.6. The summed E-state index contributed by atoms with van der Waals surface area (Å²) in [6, 6.07) is 5.34. The molecule has 2 nitrogen and oxygen atoms in total. The van der Waals surface area contributed by atoms with Gasteiger partial charge >= 0.3 is 0 Å². The van der Waals surface area contributed by atoms with Crippen molar-refractivity contribution in [1.82, 2.24) is 0 Å². The average Bonchev–Trinajstić information content (AvgIpc) is 2.42. The van der Waals surface area contributed by atoms with Crippen LogP contribution in [-0.4, -0.2) is 17.8 Å². The average molecular weight is 289 g/mol. The largest absolute Gasteiger partial charge is 0.385 e. The molecule has 0 aromatic heterocycles. The lowest BCUT2D eigenvalue weighted by Gasteiger charge is -2.40. The minimum absolute atomic E-state index is 0.425. The zero-order valence-corrected chi connectivity index (χ0v) is 12.0. The first-order valence-corrected chi connectivity index (χ1v) is 7.03. The van der Waals surface area contributed by atoms with Crippen LogP contribution in [0.5, 0.6) is 0 Å². The molecule has 4 heteroatoms. The van der Waals surface area contributed by atoms with E-state index in [0.29, 0.717) is 15.6 Å². The van der Waals surface area contributed by atoms with Crippen LogP contribution in [0.4, 0.5) is 0 Å². The second-order valence-corrected chi connectivity index (χ2v) is 5.66.